The molecule has 1 atom stereocenters. The first kappa shape index (κ1) is 10.1. The second-order valence-corrected chi connectivity index (χ2v) is 3.77. The van der Waals surface area contributed by atoms with Crippen LogP contribution in [0.1, 0.15) is 24.6 Å². The molecule has 0 aliphatic rings. The fourth-order valence-electron chi connectivity index (χ4n) is 1.16. The number of ketones is 1. The minimum absolute atomic E-state index is 0.0144. The first-order chi connectivity index (χ1) is 6.24. The molecule has 1 rings (SSSR count). The average molecular weight is 194 g/mol. The zero-order valence-electron chi connectivity index (χ0n) is 7.43. The van der Waals surface area contributed by atoms with E-state index < -0.39 is 0 Å². The van der Waals surface area contributed by atoms with Crippen molar-refractivity contribution >= 4 is 14.2 Å². The van der Waals surface area contributed by atoms with Gasteiger partial charge in [-0.3, -0.25) is 9.36 Å². The molecule has 0 heterocycles. The summed E-state index contributed by atoms with van der Waals surface area (Å²) in [6.45, 7) is 1.52. The smallest absolute Gasteiger partial charge is 0.163 e. The number of carbonyl (C=O) groups excluding carboxylic acids is 1. The van der Waals surface area contributed by atoms with E-state index in [4.69, 9.17) is 0 Å². The monoisotopic (exact) mass is 194 g/mol. The van der Waals surface area contributed by atoms with Crippen LogP contribution >= 0.6 is 8.46 Å². The lowest BCUT2D eigenvalue weighted by Crippen LogP contribution is -1.97. The molecule has 0 spiro atoms. The third-order valence-corrected chi connectivity index (χ3v) is 2.53. The van der Waals surface area contributed by atoms with E-state index in [1.165, 1.54) is 6.92 Å². The van der Waals surface area contributed by atoms with E-state index in [1.54, 1.807) is 0 Å². The van der Waals surface area contributed by atoms with Gasteiger partial charge in [0.2, 0.25) is 0 Å². The van der Waals surface area contributed by atoms with Gasteiger partial charge in [-0.1, -0.05) is 30.3 Å². The van der Waals surface area contributed by atoms with Crippen LogP contribution in [-0.2, 0) is 9.36 Å². The van der Waals surface area contributed by atoms with Crippen molar-refractivity contribution in [2.24, 2.45) is 0 Å². The second-order valence-electron chi connectivity index (χ2n) is 2.94. The number of benzene rings is 1. The summed E-state index contributed by atoms with van der Waals surface area (Å²) in [6, 6.07) is 9.44. The maximum Gasteiger partial charge on any atom is 0.163 e. The van der Waals surface area contributed by atoms with Gasteiger partial charge in [-0.25, -0.2) is 0 Å². The van der Waals surface area contributed by atoms with Gasteiger partial charge in [-0.05, 0) is 12.5 Å². The number of Topliss-reactive ketones (excluding diaryl/α,β-unsaturated/α-hetero) is 1. The van der Waals surface area contributed by atoms with Crippen LogP contribution in [-0.4, -0.2) is 5.78 Å². The van der Waals surface area contributed by atoms with E-state index in [0.717, 1.165) is 5.56 Å². The molecular weight excluding hydrogens is 183 g/mol. The van der Waals surface area contributed by atoms with Crippen molar-refractivity contribution in [3.05, 3.63) is 35.9 Å². The minimum Gasteiger partial charge on any atom is -0.300 e. The molecule has 0 aliphatic carbocycles. The molecular formula is C10H11O2P. The molecule has 0 aliphatic heterocycles. The van der Waals surface area contributed by atoms with E-state index in [-0.39, 0.29) is 19.9 Å². The Labute approximate surface area is 79.2 Å². The van der Waals surface area contributed by atoms with Crippen LogP contribution in [0.4, 0.5) is 0 Å². The van der Waals surface area contributed by atoms with Crippen molar-refractivity contribution in [1.82, 2.24) is 0 Å². The highest BCUT2D eigenvalue weighted by molar-refractivity contribution is 7.24. The Morgan fingerprint density at radius 3 is 2.46 bits per heavy atom. The van der Waals surface area contributed by atoms with Gasteiger partial charge in [0.1, 0.15) is 5.78 Å². The van der Waals surface area contributed by atoms with Crippen molar-refractivity contribution in [3.8, 4) is 0 Å². The van der Waals surface area contributed by atoms with Gasteiger partial charge in [-0.15, -0.1) is 0 Å². The summed E-state index contributed by atoms with van der Waals surface area (Å²) in [4.78, 5) is 10.8. The summed E-state index contributed by atoms with van der Waals surface area (Å²) < 4.78 is 10.8. The Morgan fingerprint density at radius 1 is 1.38 bits per heavy atom. The Hall–Kier alpha value is -1.01. The van der Waals surface area contributed by atoms with Crippen molar-refractivity contribution in [3.63, 3.8) is 0 Å². The van der Waals surface area contributed by atoms with Crippen LogP contribution in [0.2, 0.25) is 0 Å². The maximum atomic E-state index is 10.8. The molecule has 13 heavy (non-hydrogen) atoms. The highest BCUT2D eigenvalue weighted by Crippen LogP contribution is 2.30. The fraction of sp³-hybridized carbons (Fsp3) is 0.300. The van der Waals surface area contributed by atoms with E-state index in [0.29, 0.717) is 6.42 Å². The molecule has 1 aromatic rings. The molecule has 0 saturated heterocycles. The van der Waals surface area contributed by atoms with Crippen molar-refractivity contribution in [1.29, 1.82) is 0 Å². The van der Waals surface area contributed by atoms with E-state index >= 15 is 0 Å². The van der Waals surface area contributed by atoms with E-state index in [9.17, 15) is 9.36 Å². The van der Waals surface area contributed by atoms with E-state index in [1.807, 2.05) is 30.3 Å². The molecule has 0 fully saturated rings. The number of hydrogen-bond donors (Lipinski definition) is 0. The number of carbonyl (C=O) groups is 1. The van der Waals surface area contributed by atoms with Gasteiger partial charge in [0.25, 0.3) is 0 Å². The van der Waals surface area contributed by atoms with Crippen LogP contribution in [0.3, 0.4) is 0 Å². The number of rotatable bonds is 4. The van der Waals surface area contributed by atoms with Crippen LogP contribution in [0, 0.1) is 0 Å². The zero-order chi connectivity index (χ0) is 9.68. The molecule has 0 saturated carbocycles. The molecule has 1 unspecified atom stereocenters. The summed E-state index contributed by atoms with van der Waals surface area (Å²) in [6.07, 6.45) is 0.342. The van der Waals surface area contributed by atoms with Crippen LogP contribution in [0.5, 0.6) is 0 Å². The Bertz CT molecular complexity index is 295. The van der Waals surface area contributed by atoms with Gasteiger partial charge >= 0.3 is 0 Å². The molecule has 1 aromatic carbocycles. The minimum atomic E-state index is -0.182. The second kappa shape index (κ2) is 4.88. The Balaban J connectivity index is 2.78. The van der Waals surface area contributed by atoms with Gasteiger partial charge in [0, 0.05) is 6.42 Å². The quantitative estimate of drug-likeness (QED) is 0.690. The summed E-state index contributed by atoms with van der Waals surface area (Å²) in [7, 11) is 0.0144. The fourth-order valence-corrected chi connectivity index (χ4v) is 1.79. The Kier molecular flexibility index (Phi) is 3.78. The lowest BCUT2D eigenvalue weighted by Gasteiger charge is -2.06. The SMILES string of the molecule is CC(=O)CC(P=O)c1ccccc1. The maximum absolute atomic E-state index is 10.8. The highest BCUT2D eigenvalue weighted by Gasteiger charge is 2.12. The normalized spacial score (nSPS) is 12.7. The van der Waals surface area contributed by atoms with Gasteiger partial charge in [0.05, 0.1) is 5.66 Å². The van der Waals surface area contributed by atoms with Crippen molar-refractivity contribution < 1.29 is 9.36 Å². The van der Waals surface area contributed by atoms with Gasteiger partial charge < -0.3 is 0 Å². The summed E-state index contributed by atoms with van der Waals surface area (Å²) in [5.41, 5.74) is 0.771. The molecule has 0 amide bonds. The summed E-state index contributed by atoms with van der Waals surface area (Å²) >= 11 is 0. The summed E-state index contributed by atoms with van der Waals surface area (Å²) in [5, 5.41) is 0. The van der Waals surface area contributed by atoms with Gasteiger partial charge in [0.15, 0.2) is 8.46 Å². The standard InChI is InChI=1S/C10H11O2P/c1-8(11)7-10(13-12)9-5-3-2-4-6-9/h2-6,10H,7H2,1H3. The molecule has 68 valence electrons. The first-order valence-electron chi connectivity index (χ1n) is 4.11. The van der Waals surface area contributed by atoms with Crippen molar-refractivity contribution in [2.45, 2.75) is 19.0 Å². The van der Waals surface area contributed by atoms with E-state index in [2.05, 4.69) is 0 Å². The third-order valence-electron chi connectivity index (χ3n) is 1.79. The van der Waals surface area contributed by atoms with Crippen molar-refractivity contribution in [2.75, 3.05) is 0 Å². The molecule has 2 nitrogen and oxygen atoms in total. The molecule has 0 aromatic heterocycles. The lowest BCUT2D eigenvalue weighted by atomic mass is 10.1. The predicted octanol–water partition coefficient (Wildman–Crippen LogP) is 3.00. The topological polar surface area (TPSA) is 34.1 Å². The molecule has 0 radical (unpaired) electrons. The van der Waals surface area contributed by atoms with Crippen LogP contribution in [0.15, 0.2) is 30.3 Å². The van der Waals surface area contributed by atoms with Crippen LogP contribution < -0.4 is 0 Å². The largest absolute Gasteiger partial charge is 0.300 e. The predicted molar refractivity (Wildman–Crippen MR) is 52.1 cm³/mol. The zero-order valence-corrected chi connectivity index (χ0v) is 8.33. The lowest BCUT2D eigenvalue weighted by molar-refractivity contribution is -0.117. The molecule has 0 N–H and O–H groups in total. The summed E-state index contributed by atoms with van der Waals surface area (Å²) in [5.74, 6) is 0.0669. The first-order valence-corrected chi connectivity index (χ1v) is 4.99. The number of hydrogen-bond acceptors (Lipinski definition) is 2. The third kappa shape index (κ3) is 3.08. The Morgan fingerprint density at radius 2 is 2.00 bits per heavy atom. The average Bonchev–Trinajstić information content (AvgIpc) is 2.15. The van der Waals surface area contributed by atoms with Crippen LogP contribution in [0.25, 0.3) is 0 Å². The highest BCUT2D eigenvalue weighted by atomic mass is 31.1. The molecule has 3 heteroatoms. The molecule has 0 bridgehead atoms. The van der Waals surface area contributed by atoms with Gasteiger partial charge in [-0.2, -0.15) is 0 Å².